The molecule has 39 heavy (non-hydrogen) atoms. The van der Waals surface area contributed by atoms with Crippen LogP contribution >= 0.6 is 0 Å². The van der Waals surface area contributed by atoms with Gasteiger partial charge in [0, 0.05) is 18.0 Å². The number of benzene rings is 3. The van der Waals surface area contributed by atoms with Crippen LogP contribution in [0, 0.1) is 10.1 Å². The maximum Gasteiger partial charge on any atom is 0.311 e. The lowest BCUT2D eigenvalue weighted by molar-refractivity contribution is -0.386. The van der Waals surface area contributed by atoms with Crippen LogP contribution in [-0.4, -0.2) is 33.8 Å². The molecule has 0 aliphatic heterocycles. The predicted molar refractivity (Wildman–Crippen MR) is 143 cm³/mol. The van der Waals surface area contributed by atoms with E-state index in [0.717, 1.165) is 5.56 Å². The lowest BCUT2D eigenvalue weighted by Gasteiger charge is -2.13. The van der Waals surface area contributed by atoms with Crippen molar-refractivity contribution >= 4 is 17.3 Å². The summed E-state index contributed by atoms with van der Waals surface area (Å²) in [5.41, 5.74) is 1.52. The Morgan fingerprint density at radius 2 is 1.64 bits per heavy atom. The highest BCUT2D eigenvalue weighted by atomic mass is 16.6. The van der Waals surface area contributed by atoms with E-state index in [2.05, 4.69) is 10.4 Å². The zero-order valence-electron chi connectivity index (χ0n) is 21.5. The lowest BCUT2D eigenvalue weighted by Crippen LogP contribution is -2.14. The summed E-state index contributed by atoms with van der Waals surface area (Å²) in [5.74, 6) is 1.71. The van der Waals surface area contributed by atoms with Crippen molar-refractivity contribution in [3.63, 3.8) is 0 Å². The first kappa shape index (κ1) is 27.0. The molecule has 0 aliphatic rings. The fraction of sp³-hybridized carbons (Fsp3) is 0.214. The second-order valence-electron chi connectivity index (χ2n) is 8.15. The van der Waals surface area contributed by atoms with Gasteiger partial charge >= 0.3 is 5.69 Å². The first-order valence-corrected chi connectivity index (χ1v) is 12.3. The predicted octanol–water partition coefficient (Wildman–Crippen LogP) is 5.46. The van der Waals surface area contributed by atoms with E-state index in [1.54, 1.807) is 42.6 Å². The number of aromatic nitrogens is 2. The Balaban J connectivity index is 1.30. The molecule has 0 bridgehead atoms. The highest BCUT2D eigenvalue weighted by molar-refractivity contribution is 6.02. The highest BCUT2D eigenvalue weighted by Gasteiger charge is 2.15. The topological polar surface area (TPSA) is 127 Å². The van der Waals surface area contributed by atoms with E-state index < -0.39 is 10.8 Å². The molecule has 0 radical (unpaired) electrons. The molecule has 0 atom stereocenters. The maximum absolute atomic E-state index is 12.6. The Morgan fingerprint density at radius 3 is 2.38 bits per heavy atom. The summed E-state index contributed by atoms with van der Waals surface area (Å²) >= 11 is 0. The Hall–Kier alpha value is -5.06. The second kappa shape index (κ2) is 13.0. The van der Waals surface area contributed by atoms with Crippen LogP contribution in [-0.2, 0) is 13.3 Å². The van der Waals surface area contributed by atoms with Crippen LogP contribution in [0.5, 0.6) is 23.0 Å². The summed E-state index contributed by atoms with van der Waals surface area (Å²) < 4.78 is 24.0. The minimum absolute atomic E-state index is 0.0927. The van der Waals surface area contributed by atoms with Gasteiger partial charge in [0.25, 0.3) is 5.91 Å². The van der Waals surface area contributed by atoms with Crippen LogP contribution in [0.2, 0.25) is 0 Å². The van der Waals surface area contributed by atoms with Gasteiger partial charge in [-0.3, -0.25) is 14.9 Å². The first-order valence-electron chi connectivity index (χ1n) is 12.3. The van der Waals surface area contributed by atoms with Crippen molar-refractivity contribution in [3.8, 4) is 23.0 Å². The third-order valence-electron chi connectivity index (χ3n) is 5.41. The summed E-state index contributed by atoms with van der Waals surface area (Å²) in [6.45, 7) is 5.17. The molecule has 1 heterocycles. The number of carbonyl (C=O) groups is 1. The quantitative estimate of drug-likeness (QED) is 0.178. The molecule has 0 saturated heterocycles. The number of hydrogen-bond donors (Lipinski definition) is 1. The van der Waals surface area contributed by atoms with Crippen molar-refractivity contribution in [2.24, 2.45) is 0 Å². The van der Waals surface area contributed by atoms with Gasteiger partial charge in [-0.05, 0) is 67.9 Å². The van der Waals surface area contributed by atoms with Gasteiger partial charge in [-0.15, -0.1) is 0 Å². The van der Waals surface area contributed by atoms with Crippen molar-refractivity contribution < 1.29 is 28.7 Å². The number of carbonyl (C=O) groups excluding carboxylic acids is 1. The number of nitrogens with one attached hydrogen (secondary N) is 1. The molecule has 3 aromatic carbocycles. The Labute approximate surface area is 225 Å². The van der Waals surface area contributed by atoms with Crippen molar-refractivity contribution in [2.45, 2.75) is 27.2 Å². The molecule has 1 N–H and O–H groups in total. The monoisotopic (exact) mass is 532 g/mol. The van der Waals surface area contributed by atoms with Crippen LogP contribution in [0.3, 0.4) is 0 Å². The zero-order chi connectivity index (χ0) is 27.6. The van der Waals surface area contributed by atoms with E-state index in [-0.39, 0.29) is 23.9 Å². The molecule has 4 rings (SSSR count). The van der Waals surface area contributed by atoms with E-state index in [4.69, 9.17) is 18.9 Å². The molecule has 0 aliphatic carbocycles. The molecular weight excluding hydrogens is 504 g/mol. The van der Waals surface area contributed by atoms with Crippen LogP contribution in [0.4, 0.5) is 11.4 Å². The summed E-state index contributed by atoms with van der Waals surface area (Å²) in [6.07, 6.45) is 1.55. The number of anilines is 1. The van der Waals surface area contributed by atoms with Gasteiger partial charge in [-0.1, -0.05) is 18.2 Å². The lowest BCUT2D eigenvalue weighted by atomic mass is 10.2. The number of nitro benzene ring substituents is 1. The van der Waals surface area contributed by atoms with Gasteiger partial charge < -0.3 is 24.3 Å². The van der Waals surface area contributed by atoms with E-state index in [9.17, 15) is 14.9 Å². The van der Waals surface area contributed by atoms with Gasteiger partial charge in [0.05, 0.1) is 18.1 Å². The normalized spacial score (nSPS) is 10.5. The molecule has 202 valence electrons. The summed E-state index contributed by atoms with van der Waals surface area (Å²) in [6, 6.07) is 20.2. The molecule has 0 unspecified atom stereocenters. The Kier molecular flexibility index (Phi) is 8.96. The van der Waals surface area contributed by atoms with Gasteiger partial charge in [0.15, 0.2) is 29.7 Å². The van der Waals surface area contributed by atoms with Crippen LogP contribution < -0.4 is 24.3 Å². The molecule has 11 heteroatoms. The molecule has 0 saturated carbocycles. The van der Waals surface area contributed by atoms with E-state index in [0.29, 0.717) is 42.8 Å². The molecule has 0 fully saturated rings. The van der Waals surface area contributed by atoms with Crippen molar-refractivity contribution in [2.75, 3.05) is 18.5 Å². The number of nitrogens with zero attached hydrogens (tertiary/aromatic N) is 3. The van der Waals surface area contributed by atoms with E-state index in [1.165, 1.54) is 22.9 Å². The molecule has 1 aromatic heterocycles. The van der Waals surface area contributed by atoms with E-state index in [1.807, 2.05) is 32.0 Å². The first-order chi connectivity index (χ1) is 19.0. The van der Waals surface area contributed by atoms with Crippen molar-refractivity contribution in [3.05, 3.63) is 100 Å². The van der Waals surface area contributed by atoms with Crippen LogP contribution in [0.25, 0.3) is 0 Å². The second-order valence-corrected chi connectivity index (χ2v) is 8.15. The number of ether oxygens (including phenoxy) is 4. The minimum Gasteiger partial charge on any atom is -0.490 e. The van der Waals surface area contributed by atoms with Crippen molar-refractivity contribution in [1.29, 1.82) is 0 Å². The van der Waals surface area contributed by atoms with Gasteiger partial charge in [-0.25, -0.2) is 4.68 Å². The minimum atomic E-state index is -0.522. The van der Waals surface area contributed by atoms with E-state index >= 15 is 0 Å². The molecule has 4 aromatic rings. The Morgan fingerprint density at radius 1 is 0.897 bits per heavy atom. The molecular formula is C28H28N4O7. The number of para-hydroxylation sites is 2. The number of rotatable bonds is 13. The summed E-state index contributed by atoms with van der Waals surface area (Å²) in [5, 5.41) is 18.1. The molecule has 11 nitrogen and oxygen atoms in total. The van der Waals surface area contributed by atoms with Gasteiger partial charge in [-0.2, -0.15) is 5.10 Å². The zero-order valence-corrected chi connectivity index (χ0v) is 21.5. The maximum atomic E-state index is 12.6. The van der Waals surface area contributed by atoms with Crippen LogP contribution in [0.1, 0.15) is 29.9 Å². The number of hydrogen-bond acceptors (Lipinski definition) is 8. The smallest absolute Gasteiger partial charge is 0.311 e. The fourth-order valence-electron chi connectivity index (χ4n) is 3.60. The number of nitro groups is 1. The SMILES string of the molecule is CCOc1ccc(COc2ccc(NC(=O)c3ccn(COc4ccccc4[N+](=O)[O-])n3)cc2)cc1OCC. The Bertz CT molecular complexity index is 1420. The summed E-state index contributed by atoms with van der Waals surface area (Å²) in [7, 11) is 0. The summed E-state index contributed by atoms with van der Waals surface area (Å²) in [4.78, 5) is 23.2. The third kappa shape index (κ3) is 7.25. The third-order valence-corrected chi connectivity index (χ3v) is 5.41. The molecule has 1 amide bonds. The van der Waals surface area contributed by atoms with Crippen LogP contribution in [0.15, 0.2) is 79.0 Å². The van der Waals surface area contributed by atoms with Gasteiger partial charge in [0.2, 0.25) is 0 Å². The average Bonchev–Trinajstić information content (AvgIpc) is 3.42. The standard InChI is InChI=1S/C28H28N4O7/c1-3-36-26-14-9-20(17-27(26)37-4-2)18-38-22-12-10-21(11-13-22)29-28(33)23-15-16-31(30-23)19-39-25-8-6-5-7-24(25)32(34)35/h5-17H,3-4,18-19H2,1-2H3,(H,29,33). The fourth-order valence-corrected chi connectivity index (χ4v) is 3.60. The largest absolute Gasteiger partial charge is 0.490 e. The average molecular weight is 533 g/mol. The van der Waals surface area contributed by atoms with Crippen molar-refractivity contribution in [1.82, 2.24) is 9.78 Å². The molecule has 0 spiro atoms. The highest BCUT2D eigenvalue weighted by Crippen LogP contribution is 2.29. The van der Waals surface area contributed by atoms with Gasteiger partial charge in [0.1, 0.15) is 12.4 Å². The number of amides is 1.